The van der Waals surface area contributed by atoms with Gasteiger partial charge in [0, 0.05) is 0 Å². The fourth-order valence-corrected chi connectivity index (χ4v) is 4.62. The van der Waals surface area contributed by atoms with E-state index < -0.39 is 0 Å². The van der Waals surface area contributed by atoms with Crippen LogP contribution in [-0.2, 0) is 17.9 Å². The summed E-state index contributed by atoms with van der Waals surface area (Å²) in [7, 11) is 1.56. The summed E-state index contributed by atoms with van der Waals surface area (Å²) in [5.74, 6) is 0.769. The van der Waals surface area contributed by atoms with E-state index in [-0.39, 0.29) is 17.7 Å². The van der Waals surface area contributed by atoms with Gasteiger partial charge in [-0.2, -0.15) is 0 Å². The van der Waals surface area contributed by atoms with Crippen LogP contribution in [0.1, 0.15) is 22.3 Å². The number of halogens is 2. The van der Waals surface area contributed by atoms with Gasteiger partial charge in [-0.25, -0.2) is 0 Å². The highest BCUT2D eigenvalue weighted by Gasteiger charge is 2.35. The van der Waals surface area contributed by atoms with Crippen LogP contribution in [0.5, 0.6) is 11.5 Å². The lowest BCUT2D eigenvalue weighted by atomic mass is 10.1. The van der Waals surface area contributed by atoms with E-state index in [0.29, 0.717) is 33.1 Å². The molecule has 0 bridgehead atoms. The molecule has 0 spiro atoms. The maximum atomic E-state index is 12.9. The Morgan fingerprint density at radius 2 is 1.76 bits per heavy atom. The third-order valence-electron chi connectivity index (χ3n) is 5.16. The highest BCUT2D eigenvalue weighted by molar-refractivity contribution is 8.18. The predicted octanol–water partition coefficient (Wildman–Crippen LogP) is 7.13. The summed E-state index contributed by atoms with van der Waals surface area (Å²) in [5.41, 5.74) is 3.66. The molecule has 2 amide bonds. The van der Waals surface area contributed by atoms with E-state index in [4.69, 9.17) is 32.7 Å². The fraction of sp³-hybridized carbons (Fsp3) is 0.154. The fourth-order valence-electron chi connectivity index (χ4n) is 3.46. The molecule has 0 radical (unpaired) electrons. The van der Waals surface area contributed by atoms with Gasteiger partial charge in [-0.1, -0.05) is 65.2 Å². The summed E-state index contributed by atoms with van der Waals surface area (Å²) in [4.78, 5) is 26.9. The molecule has 0 aromatic heterocycles. The molecule has 1 fully saturated rings. The van der Waals surface area contributed by atoms with Gasteiger partial charge in [-0.15, -0.1) is 0 Å². The van der Waals surface area contributed by atoms with Crippen molar-refractivity contribution in [2.24, 2.45) is 0 Å². The quantitative estimate of drug-likeness (QED) is 0.314. The van der Waals surface area contributed by atoms with Crippen LogP contribution in [0.2, 0.25) is 10.0 Å². The van der Waals surface area contributed by atoms with Gasteiger partial charge < -0.3 is 9.47 Å². The van der Waals surface area contributed by atoms with Crippen LogP contribution in [0.4, 0.5) is 4.79 Å². The number of hydrogen-bond donors (Lipinski definition) is 0. The first kappa shape index (κ1) is 24.2. The molecule has 0 aliphatic carbocycles. The van der Waals surface area contributed by atoms with E-state index in [0.717, 1.165) is 34.0 Å². The summed E-state index contributed by atoms with van der Waals surface area (Å²) < 4.78 is 11.4. The number of imide groups is 1. The van der Waals surface area contributed by atoms with Crippen LogP contribution >= 0.6 is 35.0 Å². The van der Waals surface area contributed by atoms with Crippen molar-refractivity contribution in [3.8, 4) is 11.5 Å². The molecule has 4 rings (SSSR count). The molecule has 0 saturated carbocycles. The Morgan fingerprint density at radius 3 is 2.50 bits per heavy atom. The number of thioether (sulfide) groups is 1. The summed E-state index contributed by atoms with van der Waals surface area (Å²) in [6, 6.07) is 18.5. The van der Waals surface area contributed by atoms with Crippen LogP contribution in [0.25, 0.3) is 6.08 Å². The second kappa shape index (κ2) is 10.6. The molecule has 5 nitrogen and oxygen atoms in total. The molecule has 3 aromatic carbocycles. The van der Waals surface area contributed by atoms with Crippen molar-refractivity contribution in [1.29, 1.82) is 0 Å². The third kappa shape index (κ3) is 5.58. The van der Waals surface area contributed by atoms with Gasteiger partial charge in [-0.05, 0) is 65.7 Å². The summed E-state index contributed by atoms with van der Waals surface area (Å²) in [5, 5.41) is 0.450. The van der Waals surface area contributed by atoms with E-state index in [9.17, 15) is 9.59 Å². The Bertz CT molecular complexity index is 1290. The second-order valence-electron chi connectivity index (χ2n) is 7.70. The Balaban J connectivity index is 1.48. The summed E-state index contributed by atoms with van der Waals surface area (Å²) >= 11 is 12.9. The first-order chi connectivity index (χ1) is 16.3. The number of nitrogens with zero attached hydrogens (tertiary/aromatic N) is 1. The van der Waals surface area contributed by atoms with Gasteiger partial charge in [0.1, 0.15) is 6.61 Å². The number of carbonyl (C=O) groups is 2. The zero-order valence-corrected chi connectivity index (χ0v) is 20.8. The number of aryl methyl sites for hydroxylation is 1. The van der Waals surface area contributed by atoms with Gasteiger partial charge in [0.25, 0.3) is 11.1 Å². The van der Waals surface area contributed by atoms with E-state index in [1.54, 1.807) is 43.5 Å². The Morgan fingerprint density at radius 1 is 0.941 bits per heavy atom. The average molecular weight is 514 g/mol. The predicted molar refractivity (Wildman–Crippen MR) is 136 cm³/mol. The van der Waals surface area contributed by atoms with Gasteiger partial charge in [0.05, 0.1) is 28.6 Å². The highest BCUT2D eigenvalue weighted by Crippen LogP contribution is 2.36. The lowest BCUT2D eigenvalue weighted by Gasteiger charge is -2.13. The lowest BCUT2D eigenvalue weighted by molar-refractivity contribution is -0.123. The zero-order chi connectivity index (χ0) is 24.2. The molecule has 0 atom stereocenters. The smallest absolute Gasteiger partial charge is 0.293 e. The number of methoxy groups -OCH3 is 1. The largest absolute Gasteiger partial charge is 0.493 e. The van der Waals surface area contributed by atoms with Crippen LogP contribution in [0.3, 0.4) is 0 Å². The van der Waals surface area contributed by atoms with Gasteiger partial charge in [-0.3, -0.25) is 14.5 Å². The molecule has 0 unspecified atom stereocenters. The van der Waals surface area contributed by atoms with Crippen molar-refractivity contribution in [2.45, 2.75) is 20.1 Å². The van der Waals surface area contributed by atoms with E-state index in [1.165, 1.54) is 4.90 Å². The molecule has 1 heterocycles. The lowest BCUT2D eigenvalue weighted by Crippen LogP contribution is -2.27. The molecule has 1 aliphatic heterocycles. The van der Waals surface area contributed by atoms with E-state index >= 15 is 0 Å². The maximum absolute atomic E-state index is 12.9. The Kier molecular flexibility index (Phi) is 7.51. The van der Waals surface area contributed by atoms with Crippen molar-refractivity contribution in [3.05, 3.63) is 97.9 Å². The highest BCUT2D eigenvalue weighted by atomic mass is 35.5. The molecule has 8 heteroatoms. The molecule has 1 saturated heterocycles. The minimum Gasteiger partial charge on any atom is -0.493 e. The van der Waals surface area contributed by atoms with Gasteiger partial charge >= 0.3 is 0 Å². The second-order valence-corrected chi connectivity index (χ2v) is 9.51. The number of ether oxygens (including phenoxy) is 2. The zero-order valence-electron chi connectivity index (χ0n) is 18.5. The van der Waals surface area contributed by atoms with Crippen LogP contribution in [0.15, 0.2) is 65.6 Å². The van der Waals surface area contributed by atoms with Gasteiger partial charge in [0.2, 0.25) is 0 Å². The van der Waals surface area contributed by atoms with Crippen molar-refractivity contribution < 1.29 is 19.1 Å². The molecule has 174 valence electrons. The molecule has 3 aromatic rings. The Labute approximate surface area is 212 Å². The van der Waals surface area contributed by atoms with Crippen LogP contribution in [0, 0.1) is 6.92 Å². The van der Waals surface area contributed by atoms with Gasteiger partial charge in [0.15, 0.2) is 11.5 Å². The topological polar surface area (TPSA) is 55.8 Å². The number of carbonyl (C=O) groups excluding carboxylic acids is 2. The standard InChI is InChI=1S/C26H21Cl2NO4S/c1-16-4-3-5-19(10-16)15-33-22-9-7-17(12-23(22)32-2)13-24-25(30)29(26(31)34-24)14-18-6-8-20(27)21(28)11-18/h3-13H,14-15H2,1-2H3/b24-13-. The summed E-state index contributed by atoms with van der Waals surface area (Å²) in [6.07, 6.45) is 1.67. The number of benzene rings is 3. The van der Waals surface area contributed by atoms with Crippen LogP contribution in [-0.4, -0.2) is 23.2 Å². The third-order valence-corrected chi connectivity index (χ3v) is 6.81. The van der Waals surface area contributed by atoms with E-state index in [1.807, 2.05) is 31.2 Å². The van der Waals surface area contributed by atoms with Crippen molar-refractivity contribution in [3.63, 3.8) is 0 Å². The van der Waals surface area contributed by atoms with Crippen LogP contribution < -0.4 is 9.47 Å². The molecular formula is C26H21Cl2NO4S. The van der Waals surface area contributed by atoms with Crippen molar-refractivity contribution in [2.75, 3.05) is 7.11 Å². The number of rotatable bonds is 7. The SMILES string of the molecule is COc1cc(/C=C2\SC(=O)N(Cc3ccc(Cl)c(Cl)c3)C2=O)ccc1OCc1cccc(C)c1. The van der Waals surface area contributed by atoms with Crippen molar-refractivity contribution in [1.82, 2.24) is 4.90 Å². The maximum Gasteiger partial charge on any atom is 0.293 e. The first-order valence-electron chi connectivity index (χ1n) is 10.4. The normalized spacial score (nSPS) is 14.7. The average Bonchev–Trinajstić information content (AvgIpc) is 3.07. The molecule has 0 N–H and O–H groups in total. The number of amides is 2. The molecule has 34 heavy (non-hydrogen) atoms. The monoisotopic (exact) mass is 513 g/mol. The van der Waals surface area contributed by atoms with Crippen molar-refractivity contribution >= 4 is 52.2 Å². The molecule has 1 aliphatic rings. The summed E-state index contributed by atoms with van der Waals surface area (Å²) in [6.45, 7) is 2.56. The van der Waals surface area contributed by atoms with E-state index in [2.05, 4.69) is 6.07 Å². The number of hydrogen-bond acceptors (Lipinski definition) is 5. The Hall–Kier alpha value is -2.93. The minimum absolute atomic E-state index is 0.119. The molecular weight excluding hydrogens is 493 g/mol. The minimum atomic E-state index is -0.361. The first-order valence-corrected chi connectivity index (χ1v) is 12.0.